The summed E-state index contributed by atoms with van der Waals surface area (Å²) in [5.74, 6) is 1.09. The number of fused-ring (bicyclic) bond motifs is 3. The number of aliphatic imine (C=N–C) groups is 1. The Labute approximate surface area is 175 Å². The highest BCUT2D eigenvalue weighted by Crippen LogP contribution is 2.37. The fourth-order valence-corrected chi connectivity index (χ4v) is 4.84. The third-order valence-electron chi connectivity index (χ3n) is 6.34. The Balaban J connectivity index is 1.45. The predicted octanol–water partition coefficient (Wildman–Crippen LogP) is 3.39. The number of carbonyl (C=O) groups excluding carboxylic acids is 2. The minimum Gasteiger partial charge on any atom is -0.270 e. The summed E-state index contributed by atoms with van der Waals surface area (Å²) in [7, 11) is 1.70. The second-order valence-corrected chi connectivity index (χ2v) is 8.26. The van der Waals surface area contributed by atoms with Crippen LogP contribution in [-0.2, 0) is 4.79 Å². The molecule has 1 saturated carbocycles. The average Bonchev–Trinajstić information content (AvgIpc) is 3.45. The van der Waals surface area contributed by atoms with Crippen molar-refractivity contribution in [2.45, 2.75) is 44.7 Å². The van der Waals surface area contributed by atoms with Crippen LogP contribution in [0.3, 0.4) is 0 Å². The third-order valence-corrected chi connectivity index (χ3v) is 6.34. The highest BCUT2D eigenvalue weighted by Gasteiger charge is 2.53. The van der Waals surface area contributed by atoms with E-state index in [-0.39, 0.29) is 18.5 Å². The summed E-state index contributed by atoms with van der Waals surface area (Å²) >= 11 is 0. The summed E-state index contributed by atoms with van der Waals surface area (Å²) < 4.78 is 4.20. The van der Waals surface area contributed by atoms with Gasteiger partial charge in [0, 0.05) is 13.6 Å². The van der Waals surface area contributed by atoms with Crippen LogP contribution in [0.25, 0.3) is 6.08 Å². The summed E-state index contributed by atoms with van der Waals surface area (Å²) in [5.41, 5.74) is 2.15. The van der Waals surface area contributed by atoms with Gasteiger partial charge in [-0.05, 0) is 38.2 Å². The smallest absolute Gasteiger partial charge is 0.270 e. The first-order valence-corrected chi connectivity index (χ1v) is 10.6. The van der Waals surface area contributed by atoms with E-state index in [2.05, 4.69) is 11.5 Å². The Morgan fingerprint density at radius 1 is 1.17 bits per heavy atom. The molecular weight excluding hydrogens is 378 g/mol. The molecule has 3 aliphatic rings. The van der Waals surface area contributed by atoms with Crippen molar-refractivity contribution in [1.82, 2.24) is 14.4 Å². The molecule has 0 N–H and O–H groups in total. The van der Waals surface area contributed by atoms with E-state index >= 15 is 0 Å². The van der Waals surface area contributed by atoms with Crippen LogP contribution in [-0.4, -0.2) is 45.7 Å². The molecule has 0 radical (unpaired) electrons. The van der Waals surface area contributed by atoms with Crippen molar-refractivity contribution in [2.75, 3.05) is 13.6 Å². The maximum absolute atomic E-state index is 13.3. The lowest BCUT2D eigenvalue weighted by molar-refractivity contribution is -0.677. The van der Waals surface area contributed by atoms with Gasteiger partial charge in [0.2, 0.25) is 11.9 Å². The molecular formula is C23H26N5O2+. The fraction of sp³-hybridized carbons (Fsp3) is 0.391. The first-order valence-electron chi connectivity index (χ1n) is 10.6. The molecule has 7 nitrogen and oxygen atoms in total. The van der Waals surface area contributed by atoms with Crippen LogP contribution in [0.4, 0.5) is 10.7 Å². The van der Waals surface area contributed by atoms with Gasteiger partial charge in [0.05, 0.1) is 6.04 Å². The Bertz CT molecular complexity index is 1060. The second-order valence-electron chi connectivity index (χ2n) is 8.26. The van der Waals surface area contributed by atoms with E-state index in [1.54, 1.807) is 7.05 Å². The lowest BCUT2D eigenvalue weighted by Gasteiger charge is -2.32. The third kappa shape index (κ3) is 2.88. The summed E-state index contributed by atoms with van der Waals surface area (Å²) in [4.78, 5) is 33.8. The van der Waals surface area contributed by atoms with Crippen LogP contribution in [0.15, 0.2) is 47.6 Å². The molecule has 3 heterocycles. The second kappa shape index (κ2) is 7.23. The van der Waals surface area contributed by atoms with Gasteiger partial charge in [0.1, 0.15) is 11.9 Å². The molecule has 1 saturated heterocycles. The van der Waals surface area contributed by atoms with E-state index in [1.165, 1.54) is 22.6 Å². The van der Waals surface area contributed by atoms with Gasteiger partial charge < -0.3 is 0 Å². The van der Waals surface area contributed by atoms with Crippen molar-refractivity contribution in [3.8, 4) is 0 Å². The number of hydrogen-bond donors (Lipinski definition) is 0. The van der Waals surface area contributed by atoms with Crippen LogP contribution in [0.1, 0.15) is 49.0 Å². The molecule has 2 fully saturated rings. The van der Waals surface area contributed by atoms with E-state index in [1.807, 2.05) is 53.2 Å². The zero-order valence-corrected chi connectivity index (χ0v) is 17.4. The predicted molar refractivity (Wildman–Crippen MR) is 113 cm³/mol. The van der Waals surface area contributed by atoms with Gasteiger partial charge in [-0.3, -0.25) is 14.6 Å². The molecule has 30 heavy (non-hydrogen) atoms. The number of aryl methyl sites for hydroxylation is 1. The van der Waals surface area contributed by atoms with Crippen LogP contribution in [0, 0.1) is 6.92 Å². The molecule has 154 valence electrons. The van der Waals surface area contributed by atoms with Gasteiger partial charge in [0.25, 0.3) is 5.91 Å². The molecule has 1 atom stereocenters. The summed E-state index contributed by atoms with van der Waals surface area (Å²) in [6, 6.07) is 9.37. The summed E-state index contributed by atoms with van der Waals surface area (Å²) in [6.07, 6.45) is 10.5. The van der Waals surface area contributed by atoms with Gasteiger partial charge >= 0.3 is 12.0 Å². The van der Waals surface area contributed by atoms with E-state index in [9.17, 15) is 9.59 Å². The number of amides is 3. The largest absolute Gasteiger partial charge is 0.402 e. The van der Waals surface area contributed by atoms with Gasteiger partial charge in [0.15, 0.2) is 0 Å². The highest BCUT2D eigenvalue weighted by molar-refractivity contribution is 6.19. The Morgan fingerprint density at radius 3 is 2.63 bits per heavy atom. The molecule has 1 aliphatic carbocycles. The zero-order chi connectivity index (χ0) is 20.8. The van der Waals surface area contributed by atoms with Gasteiger partial charge in [-0.25, -0.2) is 13.9 Å². The average molecular weight is 404 g/mol. The van der Waals surface area contributed by atoms with Gasteiger partial charge in [-0.1, -0.05) is 47.5 Å². The molecule has 2 aromatic rings. The molecule has 3 amide bonds. The minimum atomic E-state index is -0.575. The number of urea groups is 1. The van der Waals surface area contributed by atoms with Crippen molar-refractivity contribution < 1.29 is 14.2 Å². The van der Waals surface area contributed by atoms with E-state index < -0.39 is 6.04 Å². The van der Waals surface area contributed by atoms with Crippen molar-refractivity contribution in [2.24, 2.45) is 4.99 Å². The number of rotatable bonds is 4. The normalized spacial score (nSPS) is 21.5. The van der Waals surface area contributed by atoms with Crippen molar-refractivity contribution >= 4 is 29.8 Å². The number of nitrogens with zero attached hydrogens (tertiary/aromatic N) is 5. The van der Waals surface area contributed by atoms with Gasteiger partial charge in [-0.15, -0.1) is 0 Å². The molecule has 1 aromatic heterocycles. The number of imide groups is 1. The zero-order valence-electron chi connectivity index (χ0n) is 17.4. The number of amidine groups is 1. The van der Waals surface area contributed by atoms with Crippen molar-refractivity contribution in [1.29, 1.82) is 0 Å². The molecule has 1 aromatic carbocycles. The lowest BCUT2D eigenvalue weighted by Crippen LogP contribution is -2.62. The number of imidazole rings is 1. The highest BCUT2D eigenvalue weighted by atomic mass is 16.2. The minimum absolute atomic E-state index is 0.220. The summed E-state index contributed by atoms with van der Waals surface area (Å²) in [6.45, 7) is 2.31. The first-order chi connectivity index (χ1) is 14.6. The van der Waals surface area contributed by atoms with Crippen LogP contribution in [0.2, 0.25) is 0 Å². The SMILES string of the molecule is Cc1c[n+]2c(n1C1CCCC1)N=C1C2C(=O)N(C/C=C/c2ccccc2)C(=O)N1C. The number of likely N-dealkylation sites (N-methyl/N-ethyl adjacent to an activating group) is 1. The maximum Gasteiger partial charge on any atom is 0.402 e. The topological polar surface area (TPSA) is 61.8 Å². The number of benzene rings is 1. The first kappa shape index (κ1) is 18.8. The van der Waals surface area contributed by atoms with E-state index in [4.69, 9.17) is 4.99 Å². The Hall–Kier alpha value is -3.22. The monoisotopic (exact) mass is 404 g/mol. The van der Waals surface area contributed by atoms with E-state index in [0.29, 0.717) is 11.9 Å². The van der Waals surface area contributed by atoms with Crippen molar-refractivity contribution in [3.05, 3.63) is 53.9 Å². The molecule has 7 heteroatoms. The van der Waals surface area contributed by atoms with Crippen LogP contribution < -0.4 is 4.57 Å². The molecule has 0 spiro atoms. The lowest BCUT2D eigenvalue weighted by atomic mass is 10.1. The number of aromatic nitrogens is 2. The molecule has 5 rings (SSSR count). The van der Waals surface area contributed by atoms with Crippen molar-refractivity contribution in [3.63, 3.8) is 0 Å². The fourth-order valence-electron chi connectivity index (χ4n) is 4.84. The quantitative estimate of drug-likeness (QED) is 0.734. The van der Waals surface area contributed by atoms with Gasteiger partial charge in [-0.2, -0.15) is 0 Å². The van der Waals surface area contributed by atoms with E-state index in [0.717, 1.165) is 30.0 Å². The molecule has 1 unspecified atom stereocenters. The number of hydrogen-bond acceptors (Lipinski definition) is 3. The standard InChI is InChI=1S/C23H26N5O2/c1-16-15-27-19-20(24-22(27)28(16)18-12-6-7-13-18)25(2)23(30)26(21(19)29)14-8-11-17-9-4-3-5-10-17/h3-5,8-11,15,18-19H,6-7,12-14H2,1-2H3/q+1/b11-8+. The maximum atomic E-state index is 13.3. The van der Waals surface area contributed by atoms with Crippen LogP contribution in [0.5, 0.6) is 0 Å². The number of carbonyl (C=O) groups is 2. The Morgan fingerprint density at radius 2 is 1.90 bits per heavy atom. The molecule has 0 bridgehead atoms. The molecule has 2 aliphatic heterocycles. The van der Waals surface area contributed by atoms with Crippen LogP contribution >= 0.6 is 0 Å². The summed E-state index contributed by atoms with van der Waals surface area (Å²) in [5, 5.41) is 0. The Kier molecular flexibility index (Phi) is 4.53.